The molecule has 2 aromatic rings. The van der Waals surface area contributed by atoms with E-state index in [2.05, 4.69) is 33.5 Å². The van der Waals surface area contributed by atoms with Crippen molar-refractivity contribution in [2.45, 2.75) is 50.7 Å². The molecule has 1 aromatic carbocycles. The first-order valence-corrected chi connectivity index (χ1v) is 9.53. The molecule has 0 radical (unpaired) electrons. The van der Waals surface area contributed by atoms with E-state index in [1.807, 2.05) is 0 Å². The van der Waals surface area contributed by atoms with Crippen LogP contribution in [0.15, 0.2) is 18.2 Å². The highest BCUT2D eigenvalue weighted by Crippen LogP contribution is 2.42. The lowest BCUT2D eigenvalue weighted by atomic mass is 9.74. The predicted molar refractivity (Wildman–Crippen MR) is 99.2 cm³/mol. The van der Waals surface area contributed by atoms with E-state index in [0.29, 0.717) is 11.9 Å². The molecule has 1 saturated carbocycles. The number of nitrogens with zero attached hydrogens (tertiary/aromatic N) is 2. The molecule has 1 unspecified atom stereocenters. The van der Waals surface area contributed by atoms with Crippen LogP contribution in [0.25, 0.3) is 0 Å². The van der Waals surface area contributed by atoms with Gasteiger partial charge in [0.05, 0.1) is 24.4 Å². The second kappa shape index (κ2) is 6.13. The van der Waals surface area contributed by atoms with Gasteiger partial charge in [-0.3, -0.25) is 0 Å². The van der Waals surface area contributed by atoms with Gasteiger partial charge in [-0.1, -0.05) is 6.07 Å². The first-order valence-electron chi connectivity index (χ1n) is 9.53. The van der Waals surface area contributed by atoms with Gasteiger partial charge in [0.2, 0.25) is 5.95 Å². The molecule has 5 rings (SSSR count). The molecule has 4 N–H and O–H groups in total. The Balaban J connectivity index is 1.50. The second-order valence-electron chi connectivity index (χ2n) is 7.68. The third kappa shape index (κ3) is 2.69. The van der Waals surface area contributed by atoms with Crippen molar-refractivity contribution >= 4 is 11.8 Å². The largest absolute Gasteiger partial charge is 0.493 e. The maximum Gasteiger partial charge on any atom is 0.222 e. The molecule has 0 bridgehead atoms. The van der Waals surface area contributed by atoms with Crippen LogP contribution in [0, 0.1) is 5.92 Å². The number of nitrogens with two attached hydrogens (primary N) is 1. The standard InChI is InChI=1S/C20H24N4O2/c21-20-22-16-3-1-2-15(16)19(24-20)23-18(13-9-14(25)10-13)12-4-5-17-11(8-12)6-7-26-17/h4-5,8,13-14,18,25H,1-3,6-7,9-10H2,(H3,21,22,23,24). The number of nitrogens with one attached hydrogen (secondary N) is 1. The van der Waals surface area contributed by atoms with E-state index < -0.39 is 0 Å². The summed E-state index contributed by atoms with van der Waals surface area (Å²) < 4.78 is 5.65. The summed E-state index contributed by atoms with van der Waals surface area (Å²) in [5, 5.41) is 13.5. The average molecular weight is 352 g/mol. The number of benzene rings is 1. The molecule has 2 aliphatic carbocycles. The number of aliphatic hydroxyl groups is 1. The summed E-state index contributed by atoms with van der Waals surface area (Å²) in [6.45, 7) is 0.759. The van der Waals surface area contributed by atoms with E-state index in [-0.39, 0.29) is 12.1 Å². The fourth-order valence-corrected chi connectivity index (χ4v) is 4.49. The molecule has 136 valence electrons. The van der Waals surface area contributed by atoms with Gasteiger partial charge in [0.25, 0.3) is 0 Å². The topological polar surface area (TPSA) is 93.3 Å². The van der Waals surface area contributed by atoms with E-state index in [4.69, 9.17) is 10.5 Å². The van der Waals surface area contributed by atoms with Crippen molar-refractivity contribution in [3.63, 3.8) is 0 Å². The number of fused-ring (bicyclic) bond motifs is 2. The zero-order chi connectivity index (χ0) is 17.7. The van der Waals surface area contributed by atoms with Crippen LogP contribution < -0.4 is 15.8 Å². The molecule has 1 atom stereocenters. The highest BCUT2D eigenvalue weighted by molar-refractivity contribution is 5.54. The molecule has 6 nitrogen and oxygen atoms in total. The number of ether oxygens (including phenoxy) is 1. The number of hydrogen-bond acceptors (Lipinski definition) is 6. The Morgan fingerprint density at radius 3 is 2.92 bits per heavy atom. The molecule has 1 aromatic heterocycles. The molecule has 6 heteroatoms. The third-order valence-corrected chi connectivity index (χ3v) is 5.94. The Hall–Kier alpha value is -2.34. The lowest BCUT2D eigenvalue weighted by Gasteiger charge is -2.39. The number of aromatic nitrogens is 2. The van der Waals surface area contributed by atoms with E-state index >= 15 is 0 Å². The fraction of sp³-hybridized carbons (Fsp3) is 0.500. The smallest absolute Gasteiger partial charge is 0.222 e. The number of nitrogen functional groups attached to an aromatic ring is 1. The van der Waals surface area contributed by atoms with Crippen LogP contribution >= 0.6 is 0 Å². The van der Waals surface area contributed by atoms with Gasteiger partial charge in [0.1, 0.15) is 11.6 Å². The number of anilines is 2. The van der Waals surface area contributed by atoms with Gasteiger partial charge in [-0.05, 0) is 61.3 Å². The Labute approximate surface area is 152 Å². The van der Waals surface area contributed by atoms with E-state index in [9.17, 15) is 5.11 Å². The minimum absolute atomic E-state index is 0.114. The molecule has 1 fully saturated rings. The van der Waals surface area contributed by atoms with Crippen LogP contribution in [0.5, 0.6) is 5.75 Å². The van der Waals surface area contributed by atoms with Crippen molar-refractivity contribution in [2.24, 2.45) is 5.92 Å². The summed E-state index contributed by atoms with van der Waals surface area (Å²) in [5.41, 5.74) is 10.7. The minimum Gasteiger partial charge on any atom is -0.493 e. The third-order valence-electron chi connectivity index (χ3n) is 5.94. The SMILES string of the molecule is Nc1nc2c(c(NC(c3ccc4c(c3)CCO4)C3CC(O)C3)n1)CCC2. The van der Waals surface area contributed by atoms with Crippen LogP contribution in [0.4, 0.5) is 11.8 Å². The highest BCUT2D eigenvalue weighted by Gasteiger charge is 2.36. The maximum absolute atomic E-state index is 9.84. The summed E-state index contributed by atoms with van der Waals surface area (Å²) in [4.78, 5) is 8.91. The predicted octanol–water partition coefficient (Wildman–Crippen LogP) is 2.41. The Morgan fingerprint density at radius 1 is 1.19 bits per heavy atom. The molecular formula is C20H24N4O2. The molecule has 0 saturated heterocycles. The van der Waals surface area contributed by atoms with Crippen molar-refractivity contribution in [3.8, 4) is 5.75 Å². The van der Waals surface area contributed by atoms with Gasteiger partial charge in [0, 0.05) is 12.0 Å². The van der Waals surface area contributed by atoms with Crippen molar-refractivity contribution in [1.82, 2.24) is 9.97 Å². The molecule has 0 amide bonds. The van der Waals surface area contributed by atoms with Crippen molar-refractivity contribution in [1.29, 1.82) is 0 Å². The first-order chi connectivity index (χ1) is 12.7. The van der Waals surface area contributed by atoms with Crippen LogP contribution in [0.2, 0.25) is 0 Å². The summed E-state index contributed by atoms with van der Waals surface area (Å²) in [6.07, 6.45) is 5.46. The first kappa shape index (κ1) is 15.9. The molecule has 1 aliphatic heterocycles. The van der Waals surface area contributed by atoms with Crippen molar-refractivity contribution in [3.05, 3.63) is 40.6 Å². The lowest BCUT2D eigenvalue weighted by molar-refractivity contribution is 0.0339. The van der Waals surface area contributed by atoms with E-state index in [1.165, 1.54) is 16.7 Å². The normalized spacial score (nSPS) is 24.3. The molecule has 26 heavy (non-hydrogen) atoms. The summed E-state index contributed by atoms with van der Waals surface area (Å²) in [5.74, 6) is 2.59. The van der Waals surface area contributed by atoms with E-state index in [0.717, 1.165) is 62.4 Å². The summed E-state index contributed by atoms with van der Waals surface area (Å²) in [6, 6.07) is 6.57. The highest BCUT2D eigenvalue weighted by atomic mass is 16.5. The van der Waals surface area contributed by atoms with Crippen LogP contribution in [0.1, 0.15) is 47.7 Å². The average Bonchev–Trinajstić information content (AvgIpc) is 3.24. The van der Waals surface area contributed by atoms with Crippen molar-refractivity contribution in [2.75, 3.05) is 17.7 Å². The number of aliphatic hydroxyl groups excluding tert-OH is 1. The Kier molecular flexibility index (Phi) is 3.74. The van der Waals surface area contributed by atoms with Gasteiger partial charge in [-0.15, -0.1) is 0 Å². The molecular weight excluding hydrogens is 328 g/mol. The summed E-state index contributed by atoms with van der Waals surface area (Å²) in [7, 11) is 0. The fourth-order valence-electron chi connectivity index (χ4n) is 4.49. The second-order valence-corrected chi connectivity index (χ2v) is 7.68. The van der Waals surface area contributed by atoms with E-state index in [1.54, 1.807) is 0 Å². The number of rotatable bonds is 4. The van der Waals surface area contributed by atoms with Crippen LogP contribution in [-0.2, 0) is 19.3 Å². The molecule has 3 aliphatic rings. The van der Waals surface area contributed by atoms with Gasteiger partial charge in [-0.25, -0.2) is 4.98 Å². The number of hydrogen-bond donors (Lipinski definition) is 3. The lowest BCUT2D eigenvalue weighted by Crippen LogP contribution is -2.36. The zero-order valence-electron chi connectivity index (χ0n) is 14.7. The maximum atomic E-state index is 9.84. The van der Waals surface area contributed by atoms with Crippen LogP contribution in [-0.4, -0.2) is 27.8 Å². The molecule has 0 spiro atoms. The number of aryl methyl sites for hydroxylation is 1. The van der Waals surface area contributed by atoms with Gasteiger partial charge in [0.15, 0.2) is 0 Å². The Bertz CT molecular complexity index is 848. The van der Waals surface area contributed by atoms with Gasteiger partial charge >= 0.3 is 0 Å². The Morgan fingerprint density at radius 2 is 2.08 bits per heavy atom. The van der Waals surface area contributed by atoms with Crippen molar-refractivity contribution < 1.29 is 9.84 Å². The monoisotopic (exact) mass is 352 g/mol. The molecule has 2 heterocycles. The summed E-state index contributed by atoms with van der Waals surface area (Å²) >= 11 is 0. The van der Waals surface area contributed by atoms with Gasteiger partial charge < -0.3 is 20.9 Å². The van der Waals surface area contributed by atoms with Crippen LogP contribution in [0.3, 0.4) is 0 Å². The zero-order valence-corrected chi connectivity index (χ0v) is 14.7. The minimum atomic E-state index is -0.191. The van der Waals surface area contributed by atoms with Gasteiger partial charge in [-0.2, -0.15) is 4.98 Å². The quantitative estimate of drug-likeness (QED) is 0.782.